The summed E-state index contributed by atoms with van der Waals surface area (Å²) in [7, 11) is 0. The Morgan fingerprint density at radius 2 is 1.59 bits per heavy atom. The maximum atomic E-state index is 14.4. The fourth-order valence-electron chi connectivity index (χ4n) is 8.11. The summed E-state index contributed by atoms with van der Waals surface area (Å²) in [4.78, 5) is 49.2. The van der Waals surface area contributed by atoms with E-state index in [1.54, 1.807) is 34.9 Å². The smallest absolute Gasteiger partial charge is 0.264 e. The van der Waals surface area contributed by atoms with Crippen molar-refractivity contribution in [2.45, 2.75) is 50.4 Å². The van der Waals surface area contributed by atoms with E-state index in [0.29, 0.717) is 37.3 Å². The minimum absolute atomic E-state index is 0.0536. The molecule has 7 rings (SSSR count). The van der Waals surface area contributed by atoms with E-state index in [0.717, 1.165) is 40.1 Å². The van der Waals surface area contributed by atoms with Crippen molar-refractivity contribution >= 4 is 50.7 Å². The molecule has 3 aliphatic rings. The number of aliphatic hydroxyl groups is 2. The fraction of sp³-hybridized carbons (Fsp3) is 0.326. The van der Waals surface area contributed by atoms with Gasteiger partial charge in [-0.1, -0.05) is 95.7 Å². The Hall–Kier alpha value is -4.81. The van der Waals surface area contributed by atoms with Gasteiger partial charge in [-0.15, -0.1) is 0 Å². The fourth-order valence-corrected chi connectivity index (χ4v) is 8.47. The average Bonchev–Trinajstić information content (AvgIpc) is 3.58. The minimum atomic E-state index is -1.88. The number of nitrogens with zero attached hydrogens (tertiary/aromatic N) is 4. The number of hydrogen-bond donors (Lipinski definition) is 3. The number of benzene rings is 4. The van der Waals surface area contributed by atoms with Crippen LogP contribution in [-0.4, -0.2) is 71.3 Å². The van der Waals surface area contributed by atoms with Crippen molar-refractivity contribution in [3.05, 3.63) is 136 Å². The molecule has 2 atom stereocenters. The van der Waals surface area contributed by atoms with Crippen LogP contribution < -0.4 is 20.0 Å². The summed E-state index contributed by atoms with van der Waals surface area (Å²) in [6, 6.07) is 32.9. The highest BCUT2D eigenvalue weighted by Crippen LogP contribution is 2.47. The van der Waals surface area contributed by atoms with Gasteiger partial charge in [0.25, 0.3) is 11.8 Å². The van der Waals surface area contributed by atoms with Gasteiger partial charge in [0.15, 0.2) is 5.60 Å². The number of rotatable bonds is 12. The minimum Gasteiger partial charge on any atom is -0.395 e. The van der Waals surface area contributed by atoms with Crippen molar-refractivity contribution in [2.24, 2.45) is 5.92 Å². The molecule has 0 saturated carbocycles. The summed E-state index contributed by atoms with van der Waals surface area (Å²) < 4.78 is 0.727. The second-order valence-corrected chi connectivity index (χ2v) is 15.3. The molecule has 3 heterocycles. The van der Waals surface area contributed by atoms with Gasteiger partial charge in [-0.2, -0.15) is 0 Å². The van der Waals surface area contributed by atoms with Crippen molar-refractivity contribution in [3.63, 3.8) is 0 Å². The summed E-state index contributed by atoms with van der Waals surface area (Å²) in [5.74, 6) is -1.22. The van der Waals surface area contributed by atoms with Gasteiger partial charge in [-0.25, -0.2) is 0 Å². The highest BCUT2D eigenvalue weighted by molar-refractivity contribution is 9.10. The maximum Gasteiger partial charge on any atom is 0.264 e. The van der Waals surface area contributed by atoms with Gasteiger partial charge in [-0.05, 0) is 79.5 Å². The molecule has 0 unspecified atom stereocenters. The highest BCUT2D eigenvalue weighted by atomic mass is 79.9. The highest BCUT2D eigenvalue weighted by Gasteiger charge is 2.54. The first kappa shape index (κ1) is 37.5. The Balaban J connectivity index is 1.10. The Morgan fingerprint density at radius 1 is 0.907 bits per heavy atom. The monoisotopic (exact) mass is 791 g/mol. The molecule has 2 saturated heterocycles. The lowest BCUT2D eigenvalue weighted by Crippen LogP contribution is -2.55. The average molecular weight is 793 g/mol. The topological polar surface area (TPSA) is 117 Å². The van der Waals surface area contributed by atoms with Crippen LogP contribution in [-0.2, 0) is 33.1 Å². The number of carbonyl (C=O) groups excluding carboxylic acids is 3. The second-order valence-electron chi connectivity index (χ2n) is 14.4. The molecular weight excluding hydrogens is 746 g/mol. The van der Waals surface area contributed by atoms with Gasteiger partial charge in [-0.3, -0.25) is 19.3 Å². The predicted octanol–water partition coefficient (Wildman–Crippen LogP) is 5.72. The van der Waals surface area contributed by atoms with E-state index >= 15 is 0 Å². The quantitative estimate of drug-likeness (QED) is 0.157. The van der Waals surface area contributed by atoms with Crippen LogP contribution in [0, 0.1) is 5.92 Å². The SMILES string of the molecule is C[C@H](/C=C/CC(=O)N(CCO)Cc1ccccc1)[C@@]1(O)C(=O)N(Cc2cccc(N3CN(c4ccccc4)C4(CCNCC4)C3=O)c2)c2ccc(Br)cc21. The van der Waals surface area contributed by atoms with Gasteiger partial charge in [0.2, 0.25) is 5.91 Å². The predicted molar refractivity (Wildman–Crippen MR) is 214 cm³/mol. The first-order chi connectivity index (χ1) is 26.2. The van der Waals surface area contributed by atoms with E-state index in [1.807, 2.05) is 89.8 Å². The largest absolute Gasteiger partial charge is 0.395 e. The lowest BCUT2D eigenvalue weighted by molar-refractivity contribution is -0.139. The maximum absolute atomic E-state index is 14.4. The van der Waals surface area contributed by atoms with E-state index in [-0.39, 0.29) is 37.9 Å². The van der Waals surface area contributed by atoms with Crippen LogP contribution >= 0.6 is 15.9 Å². The molecule has 2 fully saturated rings. The molecule has 54 heavy (non-hydrogen) atoms. The number of amides is 3. The van der Waals surface area contributed by atoms with Gasteiger partial charge in [0.05, 0.1) is 25.5 Å². The van der Waals surface area contributed by atoms with Crippen molar-refractivity contribution in [3.8, 4) is 0 Å². The summed E-state index contributed by atoms with van der Waals surface area (Å²) >= 11 is 3.53. The van der Waals surface area contributed by atoms with Gasteiger partial charge in [0.1, 0.15) is 5.54 Å². The van der Waals surface area contributed by atoms with Crippen LogP contribution in [0.3, 0.4) is 0 Å². The number of para-hydroxylation sites is 1. The van der Waals surface area contributed by atoms with Crippen molar-refractivity contribution in [1.29, 1.82) is 0 Å². The molecule has 1 spiro atoms. The Morgan fingerprint density at radius 3 is 2.31 bits per heavy atom. The van der Waals surface area contributed by atoms with Crippen LogP contribution in [0.25, 0.3) is 0 Å². The molecular formula is C43H46BrN5O5. The number of nitrogens with one attached hydrogen (secondary N) is 1. The Kier molecular flexibility index (Phi) is 11.0. The molecule has 0 aromatic heterocycles. The Labute approximate surface area is 324 Å². The van der Waals surface area contributed by atoms with Crippen LogP contribution in [0.1, 0.15) is 42.9 Å². The zero-order valence-corrected chi connectivity index (χ0v) is 32.0. The van der Waals surface area contributed by atoms with Crippen LogP contribution in [0.2, 0.25) is 0 Å². The molecule has 11 heteroatoms. The van der Waals surface area contributed by atoms with E-state index in [1.165, 1.54) is 0 Å². The van der Waals surface area contributed by atoms with Gasteiger partial charge in [0, 0.05) is 46.8 Å². The molecule has 0 bridgehead atoms. The molecule has 280 valence electrons. The molecule has 0 aliphatic carbocycles. The molecule has 3 aliphatic heterocycles. The number of fused-ring (bicyclic) bond motifs is 1. The summed E-state index contributed by atoms with van der Waals surface area (Å²) in [6.07, 6.45) is 4.88. The van der Waals surface area contributed by atoms with Crippen molar-refractivity contribution < 1.29 is 24.6 Å². The zero-order valence-electron chi connectivity index (χ0n) is 30.4. The van der Waals surface area contributed by atoms with Crippen LogP contribution in [0.15, 0.2) is 120 Å². The number of aliphatic hydroxyl groups excluding tert-OH is 1. The lowest BCUT2D eigenvalue weighted by atomic mass is 9.83. The third-order valence-electron chi connectivity index (χ3n) is 11.1. The number of piperidine rings is 1. The van der Waals surface area contributed by atoms with Gasteiger partial charge >= 0.3 is 0 Å². The van der Waals surface area contributed by atoms with Crippen LogP contribution in [0.4, 0.5) is 17.1 Å². The Bertz CT molecular complexity index is 2020. The van der Waals surface area contributed by atoms with E-state index in [9.17, 15) is 24.6 Å². The zero-order chi connectivity index (χ0) is 37.9. The summed E-state index contributed by atoms with van der Waals surface area (Å²) in [6.45, 7) is 4.33. The standard InChI is InChI=1S/C43H46BrN5O5/c1-31(10-8-17-39(51)46(24-25-50)28-32-11-4-2-5-12-32)43(54)37-27-34(44)18-19-38(37)47(41(43)53)29-33-13-9-16-36(26-33)48-30-49(35-14-6-3-7-15-35)42(40(48)52)20-22-45-23-21-42/h2-16,18-19,26-27,31,45,50,54H,17,20-25,28-30H2,1H3/b10-8+/t31-,43+/m1/s1. The number of hydrogen-bond acceptors (Lipinski definition) is 7. The summed E-state index contributed by atoms with van der Waals surface area (Å²) in [5, 5.41) is 25.3. The van der Waals surface area contributed by atoms with Crippen LogP contribution in [0.5, 0.6) is 0 Å². The van der Waals surface area contributed by atoms with E-state index in [4.69, 9.17) is 0 Å². The molecule has 0 radical (unpaired) electrons. The molecule has 4 aromatic carbocycles. The molecule has 4 aromatic rings. The molecule has 3 amide bonds. The summed E-state index contributed by atoms with van der Waals surface area (Å²) in [5.41, 5.74) is 2.12. The number of carbonyl (C=O) groups is 3. The number of halogens is 1. The van der Waals surface area contributed by atoms with E-state index in [2.05, 4.69) is 38.3 Å². The first-order valence-corrected chi connectivity index (χ1v) is 19.3. The molecule has 3 N–H and O–H groups in total. The van der Waals surface area contributed by atoms with Gasteiger partial charge < -0.3 is 30.2 Å². The van der Waals surface area contributed by atoms with Crippen molar-refractivity contribution in [2.75, 3.05) is 47.6 Å². The third-order valence-corrected chi connectivity index (χ3v) is 11.5. The first-order valence-electron chi connectivity index (χ1n) is 18.5. The normalized spacial score (nSPS) is 19.9. The third kappa shape index (κ3) is 7.09. The van der Waals surface area contributed by atoms with Crippen molar-refractivity contribution in [1.82, 2.24) is 10.2 Å². The second kappa shape index (κ2) is 15.9. The lowest BCUT2D eigenvalue weighted by Gasteiger charge is -2.39. The number of anilines is 3. The van der Waals surface area contributed by atoms with E-state index < -0.39 is 23.0 Å². The molecule has 10 nitrogen and oxygen atoms in total.